The summed E-state index contributed by atoms with van der Waals surface area (Å²) in [5, 5.41) is 13.1. The lowest BCUT2D eigenvalue weighted by Crippen LogP contribution is -2.39. The highest BCUT2D eigenvalue weighted by Crippen LogP contribution is 2.26. The number of benzene rings is 3. The normalized spacial score (nSPS) is 11.7. The quantitative estimate of drug-likeness (QED) is 0.349. The van der Waals surface area contributed by atoms with Crippen molar-refractivity contribution in [2.24, 2.45) is 5.10 Å². The Balaban J connectivity index is 1.87. The van der Waals surface area contributed by atoms with Gasteiger partial charge in [-0.3, -0.25) is 4.79 Å². The Morgan fingerprint density at radius 1 is 0.971 bits per heavy atom. The second-order valence-electron chi connectivity index (χ2n) is 8.17. The molecule has 0 radical (unpaired) electrons. The number of nitrogens with zero attached hydrogens (tertiary/aromatic N) is 2. The minimum absolute atomic E-state index is 0.00505. The van der Waals surface area contributed by atoms with Gasteiger partial charge in [-0.2, -0.15) is 9.41 Å². The van der Waals surface area contributed by atoms with Gasteiger partial charge in [-0.15, -0.1) is 0 Å². The van der Waals surface area contributed by atoms with Gasteiger partial charge in [0.2, 0.25) is 10.0 Å². The number of hydrazone groups is 1. The van der Waals surface area contributed by atoms with Crippen LogP contribution in [0, 0.1) is 20.8 Å². The van der Waals surface area contributed by atoms with E-state index in [2.05, 4.69) is 10.5 Å². The number of aromatic carboxylic acids is 1. The van der Waals surface area contributed by atoms with Gasteiger partial charge in [0.15, 0.2) is 0 Å². The average Bonchev–Trinajstić information content (AvgIpc) is 2.78. The summed E-state index contributed by atoms with van der Waals surface area (Å²) in [7, 11) is -4.02. The molecule has 2 N–H and O–H groups in total. The molecule has 1 amide bonds. The number of aryl methyl sites for hydroxylation is 3. The highest BCUT2D eigenvalue weighted by Gasteiger charge is 2.30. The molecular formula is C26H27N3O5S. The maximum Gasteiger partial charge on any atom is 0.336 e. The molecule has 0 fully saturated rings. The van der Waals surface area contributed by atoms with Crippen molar-refractivity contribution in [1.82, 2.24) is 9.73 Å². The lowest BCUT2D eigenvalue weighted by molar-refractivity contribution is -0.121. The third kappa shape index (κ3) is 6.40. The van der Waals surface area contributed by atoms with E-state index in [-0.39, 0.29) is 17.0 Å². The van der Waals surface area contributed by atoms with Crippen molar-refractivity contribution in [1.29, 1.82) is 0 Å². The maximum atomic E-state index is 13.7. The second kappa shape index (κ2) is 11.1. The van der Waals surface area contributed by atoms with Crippen molar-refractivity contribution < 1.29 is 23.1 Å². The van der Waals surface area contributed by atoms with Crippen LogP contribution >= 0.6 is 0 Å². The summed E-state index contributed by atoms with van der Waals surface area (Å²) in [5.74, 6) is -1.78. The second-order valence-corrected chi connectivity index (χ2v) is 10.0. The lowest BCUT2D eigenvalue weighted by atomic mass is 10.1. The Morgan fingerprint density at radius 3 is 2.20 bits per heavy atom. The van der Waals surface area contributed by atoms with E-state index in [4.69, 9.17) is 0 Å². The number of carboxylic acids is 1. The monoisotopic (exact) mass is 493 g/mol. The molecule has 0 saturated heterocycles. The van der Waals surface area contributed by atoms with Crippen LogP contribution in [0.25, 0.3) is 0 Å². The van der Waals surface area contributed by atoms with Gasteiger partial charge < -0.3 is 5.11 Å². The van der Waals surface area contributed by atoms with Crippen LogP contribution < -0.4 is 5.43 Å². The molecule has 0 spiro atoms. The molecule has 8 nitrogen and oxygen atoms in total. The van der Waals surface area contributed by atoms with Crippen molar-refractivity contribution in [2.75, 3.05) is 6.54 Å². The van der Waals surface area contributed by atoms with Crippen LogP contribution in [0.1, 0.15) is 38.2 Å². The largest absolute Gasteiger partial charge is 0.478 e. The zero-order valence-electron chi connectivity index (χ0n) is 19.7. The third-order valence-corrected chi connectivity index (χ3v) is 7.41. The molecule has 3 aromatic carbocycles. The molecule has 182 valence electrons. The topological polar surface area (TPSA) is 116 Å². The molecule has 9 heteroatoms. The first-order valence-corrected chi connectivity index (χ1v) is 12.3. The molecule has 3 rings (SSSR count). The highest BCUT2D eigenvalue weighted by molar-refractivity contribution is 7.89. The summed E-state index contributed by atoms with van der Waals surface area (Å²) < 4.78 is 28.5. The summed E-state index contributed by atoms with van der Waals surface area (Å²) in [6, 6.07) is 18.8. The van der Waals surface area contributed by atoms with Crippen LogP contribution in [0.2, 0.25) is 0 Å². The first-order chi connectivity index (χ1) is 16.6. The average molecular weight is 494 g/mol. The number of amides is 1. The van der Waals surface area contributed by atoms with Gasteiger partial charge in [0.25, 0.3) is 5.91 Å². The summed E-state index contributed by atoms with van der Waals surface area (Å²) in [6.07, 6.45) is 1.21. The molecule has 3 aromatic rings. The number of carboxylic acid groups (broad SMARTS) is 1. The first kappa shape index (κ1) is 25.8. The van der Waals surface area contributed by atoms with E-state index in [0.29, 0.717) is 16.7 Å². The van der Waals surface area contributed by atoms with E-state index in [1.54, 1.807) is 68.4 Å². The maximum absolute atomic E-state index is 13.7. The molecule has 0 aromatic heterocycles. The van der Waals surface area contributed by atoms with Gasteiger partial charge in [0.1, 0.15) is 0 Å². The Hall–Kier alpha value is -3.82. The molecular weight excluding hydrogens is 466 g/mol. The Bertz CT molecular complexity index is 1350. The molecule has 0 aliphatic rings. The van der Waals surface area contributed by atoms with Crippen molar-refractivity contribution in [3.63, 3.8) is 0 Å². The molecule has 0 aliphatic carbocycles. The lowest BCUT2D eigenvalue weighted by Gasteiger charge is -2.24. The Kier molecular flexibility index (Phi) is 8.16. The first-order valence-electron chi connectivity index (χ1n) is 10.9. The van der Waals surface area contributed by atoms with E-state index in [9.17, 15) is 23.1 Å². The van der Waals surface area contributed by atoms with E-state index >= 15 is 0 Å². The summed E-state index contributed by atoms with van der Waals surface area (Å²) in [4.78, 5) is 24.2. The van der Waals surface area contributed by atoms with Crippen molar-refractivity contribution in [3.05, 3.63) is 100 Å². The minimum Gasteiger partial charge on any atom is -0.478 e. The molecule has 0 unspecified atom stereocenters. The van der Waals surface area contributed by atoms with Crippen LogP contribution in [0.15, 0.2) is 76.7 Å². The van der Waals surface area contributed by atoms with Gasteiger partial charge in [-0.1, -0.05) is 66.2 Å². The van der Waals surface area contributed by atoms with Gasteiger partial charge in [-0.25, -0.2) is 18.6 Å². The Morgan fingerprint density at radius 2 is 1.57 bits per heavy atom. The van der Waals surface area contributed by atoms with Crippen molar-refractivity contribution in [3.8, 4) is 0 Å². The standard InChI is InChI=1S/C26H27N3O5S/c1-18-13-19(2)25(20(3)14-18)35(33,34)29(16-21-9-5-4-6-10-21)17-24(30)28-27-15-22-11-7-8-12-23(22)26(31)32/h4-15H,16-17H2,1-3H3,(H,28,30)(H,31,32). The number of carbonyl (C=O) groups is 2. The predicted molar refractivity (Wildman–Crippen MR) is 134 cm³/mol. The van der Waals surface area contributed by atoms with Gasteiger partial charge in [0, 0.05) is 12.1 Å². The molecule has 0 aliphatic heterocycles. The van der Waals surface area contributed by atoms with Crippen LogP contribution in [-0.4, -0.2) is 42.5 Å². The summed E-state index contributed by atoms with van der Waals surface area (Å²) >= 11 is 0. The van der Waals surface area contributed by atoms with Crippen LogP contribution in [0.5, 0.6) is 0 Å². The van der Waals surface area contributed by atoms with E-state index < -0.39 is 28.4 Å². The smallest absolute Gasteiger partial charge is 0.336 e. The molecule has 0 heterocycles. The number of nitrogens with one attached hydrogen (secondary N) is 1. The van der Waals surface area contributed by atoms with Gasteiger partial charge >= 0.3 is 5.97 Å². The molecule has 0 bridgehead atoms. The molecule has 35 heavy (non-hydrogen) atoms. The van der Waals surface area contributed by atoms with E-state index in [1.807, 2.05) is 13.0 Å². The molecule has 0 saturated carbocycles. The fraction of sp³-hybridized carbons (Fsp3) is 0.192. The van der Waals surface area contributed by atoms with E-state index in [0.717, 1.165) is 15.4 Å². The fourth-order valence-corrected chi connectivity index (χ4v) is 5.69. The highest BCUT2D eigenvalue weighted by atomic mass is 32.2. The zero-order chi connectivity index (χ0) is 25.6. The SMILES string of the molecule is Cc1cc(C)c(S(=O)(=O)N(CC(=O)NN=Cc2ccccc2C(=O)O)Cc2ccccc2)c(C)c1. The van der Waals surface area contributed by atoms with Crippen molar-refractivity contribution >= 4 is 28.1 Å². The number of hydrogen-bond donors (Lipinski definition) is 2. The van der Waals surface area contributed by atoms with Gasteiger partial charge in [0.05, 0.1) is 23.2 Å². The number of carbonyl (C=O) groups excluding carboxylic acids is 1. The molecule has 0 atom stereocenters. The van der Waals surface area contributed by atoms with E-state index in [1.165, 1.54) is 12.3 Å². The predicted octanol–water partition coefficient (Wildman–Crippen LogP) is 3.65. The number of sulfonamides is 1. The number of hydrogen-bond acceptors (Lipinski definition) is 5. The van der Waals surface area contributed by atoms with Crippen LogP contribution in [0.4, 0.5) is 0 Å². The minimum atomic E-state index is -4.02. The zero-order valence-corrected chi connectivity index (χ0v) is 20.5. The van der Waals surface area contributed by atoms with Crippen molar-refractivity contribution in [2.45, 2.75) is 32.2 Å². The van der Waals surface area contributed by atoms with Crippen LogP contribution in [0.3, 0.4) is 0 Å². The van der Waals surface area contributed by atoms with Crippen LogP contribution in [-0.2, 0) is 21.4 Å². The Labute approximate surface area is 205 Å². The summed E-state index contributed by atoms with van der Waals surface area (Å²) in [5.41, 5.74) is 5.52. The third-order valence-electron chi connectivity index (χ3n) is 5.31. The van der Waals surface area contributed by atoms with Gasteiger partial charge in [-0.05, 0) is 43.5 Å². The summed E-state index contributed by atoms with van der Waals surface area (Å²) in [6.45, 7) is 4.89. The number of rotatable bonds is 9. The fourth-order valence-electron chi connectivity index (χ4n) is 3.89.